The van der Waals surface area contributed by atoms with Gasteiger partial charge in [0.1, 0.15) is 0 Å². The molecule has 0 atom stereocenters. The van der Waals surface area contributed by atoms with Crippen LogP contribution in [0.4, 0.5) is 0 Å². The molecule has 0 spiro atoms. The second kappa shape index (κ2) is 11.6. The third kappa shape index (κ3) is 4.50. The summed E-state index contributed by atoms with van der Waals surface area (Å²) < 4.78 is 2.48. The molecule has 0 N–H and O–H groups in total. The van der Waals surface area contributed by atoms with Crippen molar-refractivity contribution < 1.29 is 0 Å². The van der Waals surface area contributed by atoms with E-state index < -0.39 is 0 Å². The molecule has 0 radical (unpaired) electrons. The Morgan fingerprint density at radius 1 is 0.327 bits per heavy atom. The highest BCUT2D eigenvalue weighted by Crippen LogP contribution is 2.42. The molecule has 12 aromatic rings. The normalized spacial score (nSPS) is 12.0. The van der Waals surface area contributed by atoms with E-state index in [1.54, 1.807) is 0 Å². The number of hydrogen-bond acceptors (Lipinski definition) is 2. The van der Waals surface area contributed by atoms with Gasteiger partial charge in [-0.1, -0.05) is 164 Å². The fraction of sp³-hybridized carbons (Fsp3) is 0. The summed E-state index contributed by atoms with van der Waals surface area (Å²) in [6.45, 7) is 0. The molecule has 0 saturated carbocycles. The van der Waals surface area contributed by atoms with Crippen LogP contribution in [0.15, 0.2) is 188 Å². The number of nitrogens with zero attached hydrogens (tertiary/aromatic N) is 3. The van der Waals surface area contributed by atoms with Gasteiger partial charge in [0.2, 0.25) is 0 Å². The first-order valence-electron chi connectivity index (χ1n) is 18.8. The Morgan fingerprint density at radius 2 is 0.873 bits per heavy atom. The maximum Gasteiger partial charge on any atom is 0.160 e. The summed E-state index contributed by atoms with van der Waals surface area (Å²) in [5.74, 6) is 0.702. The van der Waals surface area contributed by atoms with E-state index in [0.717, 1.165) is 39.2 Å². The summed E-state index contributed by atoms with van der Waals surface area (Å²) in [5, 5.41) is 12.4. The number of rotatable bonds is 4. The van der Waals surface area contributed by atoms with Gasteiger partial charge in [0.15, 0.2) is 5.82 Å². The van der Waals surface area contributed by atoms with E-state index in [9.17, 15) is 0 Å². The summed E-state index contributed by atoms with van der Waals surface area (Å²) in [6.07, 6.45) is 0. The smallest absolute Gasteiger partial charge is 0.160 e. The Labute approximate surface area is 316 Å². The van der Waals surface area contributed by atoms with Crippen LogP contribution in [0.3, 0.4) is 0 Å². The van der Waals surface area contributed by atoms with Crippen molar-refractivity contribution in [2.75, 3.05) is 0 Å². The van der Waals surface area contributed by atoms with Crippen LogP contribution in [0.2, 0.25) is 0 Å². The molecule has 55 heavy (non-hydrogen) atoms. The van der Waals surface area contributed by atoms with Crippen molar-refractivity contribution >= 4 is 70.4 Å². The van der Waals surface area contributed by atoms with Gasteiger partial charge in [-0.05, 0) is 67.7 Å². The molecule has 9 aromatic carbocycles. The van der Waals surface area contributed by atoms with Crippen molar-refractivity contribution in [3.63, 3.8) is 0 Å². The van der Waals surface area contributed by atoms with E-state index in [1.807, 2.05) is 0 Å². The van der Waals surface area contributed by atoms with E-state index in [4.69, 9.17) is 9.97 Å². The van der Waals surface area contributed by atoms with Gasteiger partial charge >= 0.3 is 0 Å². The van der Waals surface area contributed by atoms with Gasteiger partial charge in [0.25, 0.3) is 0 Å². The van der Waals surface area contributed by atoms with Crippen molar-refractivity contribution in [2.45, 2.75) is 0 Å². The third-order valence-electron chi connectivity index (χ3n) is 11.5. The van der Waals surface area contributed by atoms with Crippen molar-refractivity contribution in [3.8, 4) is 45.0 Å². The lowest BCUT2D eigenvalue weighted by atomic mass is 9.97. The van der Waals surface area contributed by atoms with Gasteiger partial charge in [-0.15, -0.1) is 0 Å². The van der Waals surface area contributed by atoms with Gasteiger partial charge in [0.05, 0.1) is 27.9 Å². The molecular formula is C52H31N3. The Hall–Kier alpha value is -7.36. The second-order valence-electron chi connectivity index (χ2n) is 14.5. The van der Waals surface area contributed by atoms with Crippen LogP contribution in [0.1, 0.15) is 0 Å². The topological polar surface area (TPSA) is 30.2 Å². The first kappa shape index (κ1) is 30.1. The first-order valence-corrected chi connectivity index (χ1v) is 18.8. The molecule has 0 aliphatic rings. The minimum atomic E-state index is 0.702. The van der Waals surface area contributed by atoms with Crippen molar-refractivity contribution in [1.82, 2.24) is 14.4 Å². The maximum absolute atomic E-state index is 5.32. The summed E-state index contributed by atoms with van der Waals surface area (Å²) in [5.41, 5.74) is 11.0. The minimum Gasteiger partial charge on any atom is -0.308 e. The molecule has 12 rings (SSSR count). The molecule has 3 nitrogen and oxygen atoms in total. The maximum atomic E-state index is 5.32. The van der Waals surface area contributed by atoms with Crippen LogP contribution in [0, 0.1) is 0 Å². The number of fused-ring (bicyclic) bond motifs is 8. The monoisotopic (exact) mass is 697 g/mol. The predicted molar refractivity (Wildman–Crippen MR) is 231 cm³/mol. The van der Waals surface area contributed by atoms with Gasteiger partial charge in [-0.2, -0.15) is 0 Å². The quantitative estimate of drug-likeness (QED) is 0.135. The molecule has 3 heteroatoms. The van der Waals surface area contributed by atoms with Crippen molar-refractivity contribution in [2.24, 2.45) is 0 Å². The lowest BCUT2D eigenvalue weighted by Crippen LogP contribution is -1.97. The Bertz CT molecular complexity index is 3390. The summed E-state index contributed by atoms with van der Waals surface area (Å²) in [7, 11) is 0. The fourth-order valence-electron chi connectivity index (χ4n) is 9.01. The predicted octanol–water partition coefficient (Wildman–Crippen LogP) is 13.8. The third-order valence-corrected chi connectivity index (χ3v) is 11.5. The van der Waals surface area contributed by atoms with Crippen LogP contribution in [-0.2, 0) is 0 Å². The zero-order valence-electron chi connectivity index (χ0n) is 29.7. The van der Waals surface area contributed by atoms with E-state index in [0.29, 0.717) is 5.82 Å². The van der Waals surface area contributed by atoms with Crippen LogP contribution in [0.5, 0.6) is 0 Å². The molecule has 254 valence electrons. The lowest BCUT2D eigenvalue weighted by Gasteiger charge is -2.13. The van der Waals surface area contributed by atoms with Gasteiger partial charge < -0.3 is 4.40 Å². The zero-order chi connectivity index (χ0) is 36.0. The lowest BCUT2D eigenvalue weighted by molar-refractivity contribution is 1.19. The Morgan fingerprint density at radius 3 is 1.64 bits per heavy atom. The van der Waals surface area contributed by atoms with Crippen LogP contribution in [-0.4, -0.2) is 14.4 Å². The van der Waals surface area contributed by atoms with E-state index in [2.05, 4.69) is 192 Å². The van der Waals surface area contributed by atoms with Crippen molar-refractivity contribution in [3.05, 3.63) is 188 Å². The van der Waals surface area contributed by atoms with E-state index in [1.165, 1.54) is 70.4 Å². The molecule has 0 unspecified atom stereocenters. The number of hydrogen-bond donors (Lipinski definition) is 0. The van der Waals surface area contributed by atoms with Gasteiger partial charge in [0, 0.05) is 38.2 Å². The molecular weight excluding hydrogens is 667 g/mol. The van der Waals surface area contributed by atoms with E-state index in [-0.39, 0.29) is 0 Å². The SMILES string of the molecule is c1cc(-c2ccc3c4ccc5cccc6c7ccccc7n(c3c2)c4c56)cc(-c2nc(-c3cccc4ccccc34)cc(-c3cccc4ccccc34)n2)c1. The van der Waals surface area contributed by atoms with Crippen molar-refractivity contribution in [1.29, 1.82) is 0 Å². The molecule has 0 bridgehead atoms. The summed E-state index contributed by atoms with van der Waals surface area (Å²) in [4.78, 5) is 10.6. The zero-order valence-corrected chi connectivity index (χ0v) is 29.7. The highest BCUT2D eigenvalue weighted by molar-refractivity contribution is 6.28. The molecule has 0 aliphatic carbocycles. The molecule has 3 aromatic heterocycles. The number of aromatic nitrogens is 3. The molecule has 0 saturated heterocycles. The minimum absolute atomic E-state index is 0.702. The van der Waals surface area contributed by atoms with Crippen LogP contribution < -0.4 is 0 Å². The average Bonchev–Trinajstić information content (AvgIpc) is 3.60. The highest BCUT2D eigenvalue weighted by Gasteiger charge is 2.19. The van der Waals surface area contributed by atoms with Crippen LogP contribution >= 0.6 is 0 Å². The van der Waals surface area contributed by atoms with Gasteiger partial charge in [-0.25, -0.2) is 9.97 Å². The highest BCUT2D eigenvalue weighted by atomic mass is 14.9. The summed E-state index contributed by atoms with van der Waals surface area (Å²) >= 11 is 0. The van der Waals surface area contributed by atoms with Gasteiger partial charge in [-0.3, -0.25) is 0 Å². The molecule has 0 amide bonds. The van der Waals surface area contributed by atoms with E-state index >= 15 is 0 Å². The number of pyridine rings is 1. The Balaban J connectivity index is 1.07. The molecule has 0 aliphatic heterocycles. The first-order chi connectivity index (χ1) is 27.3. The number of para-hydroxylation sites is 1. The van der Waals surface area contributed by atoms with Crippen LogP contribution in [0.25, 0.3) is 115 Å². The Kier molecular flexibility index (Phi) is 6.34. The molecule has 0 fully saturated rings. The average molecular weight is 698 g/mol. The second-order valence-corrected chi connectivity index (χ2v) is 14.5. The largest absolute Gasteiger partial charge is 0.308 e. The molecule has 3 heterocycles. The fourth-order valence-corrected chi connectivity index (χ4v) is 9.01. The summed E-state index contributed by atoms with van der Waals surface area (Å²) in [6, 6.07) is 67.8. The standard InChI is InChI=1S/C52H31N3/c1-3-18-38-32(11-1)13-8-21-40(38)46-31-47(41-22-9-14-33-12-2-4-19-39(33)41)54-52(53-46)37-17-7-16-35(29-37)36-26-27-43-45-28-25-34-15-10-23-44-42-20-5-6-24-48(42)55(49(43)30-36)51(45)50(34)44/h1-31H. The number of benzene rings is 9.